The zero-order valence-electron chi connectivity index (χ0n) is 12.3. The molecule has 0 radical (unpaired) electrons. The van der Waals surface area contributed by atoms with Crippen LogP contribution in [0.3, 0.4) is 0 Å². The van der Waals surface area contributed by atoms with Crippen molar-refractivity contribution in [2.75, 3.05) is 20.1 Å². The number of benzene rings is 1. The van der Waals surface area contributed by atoms with Gasteiger partial charge in [0.05, 0.1) is 0 Å². The first kappa shape index (κ1) is 12.4. The van der Waals surface area contributed by atoms with Gasteiger partial charge in [0.2, 0.25) is 0 Å². The van der Waals surface area contributed by atoms with Crippen LogP contribution in [0.15, 0.2) is 12.1 Å². The van der Waals surface area contributed by atoms with Crippen LogP contribution in [0, 0.1) is 18.3 Å². The third kappa shape index (κ3) is 1.65. The molecule has 0 bridgehead atoms. The average Bonchev–Trinajstić information content (AvgIpc) is 2.61. The lowest BCUT2D eigenvalue weighted by atomic mass is 9.57. The van der Waals surface area contributed by atoms with E-state index in [1.807, 2.05) is 11.9 Å². The van der Waals surface area contributed by atoms with E-state index < -0.39 is 0 Å². The maximum Gasteiger partial charge on any atom is 0.254 e. The molecule has 1 aromatic carbocycles. The van der Waals surface area contributed by atoms with Crippen molar-refractivity contribution in [1.82, 2.24) is 10.2 Å². The molecule has 0 atom stereocenters. The molecule has 1 aliphatic carbocycles. The van der Waals surface area contributed by atoms with E-state index in [4.69, 9.17) is 0 Å². The SMILES string of the molecule is Cc1ccc(CC2CC3(CNC3)C2)c2c1C(=O)N(C)C2. The molecule has 4 rings (SSSR count). The van der Waals surface area contributed by atoms with E-state index >= 15 is 0 Å². The first-order valence-electron chi connectivity index (χ1n) is 7.66. The van der Waals surface area contributed by atoms with Gasteiger partial charge in [-0.2, -0.15) is 0 Å². The Balaban J connectivity index is 1.56. The molecule has 0 unspecified atom stereocenters. The van der Waals surface area contributed by atoms with Crippen molar-refractivity contribution in [2.45, 2.75) is 32.7 Å². The number of nitrogens with zero attached hydrogens (tertiary/aromatic N) is 1. The van der Waals surface area contributed by atoms with E-state index in [1.165, 1.54) is 37.1 Å². The predicted molar refractivity (Wildman–Crippen MR) is 78.7 cm³/mol. The Bertz CT molecular complexity index is 581. The Morgan fingerprint density at radius 2 is 2.10 bits per heavy atom. The zero-order valence-corrected chi connectivity index (χ0v) is 12.3. The fourth-order valence-electron chi connectivity index (χ4n) is 4.37. The number of hydrogen-bond acceptors (Lipinski definition) is 2. The second-order valence-corrected chi connectivity index (χ2v) is 7.14. The Kier molecular flexibility index (Phi) is 2.53. The summed E-state index contributed by atoms with van der Waals surface area (Å²) in [6.07, 6.45) is 3.89. The molecule has 2 heterocycles. The van der Waals surface area contributed by atoms with Gasteiger partial charge in [0.15, 0.2) is 0 Å². The Hall–Kier alpha value is -1.35. The van der Waals surface area contributed by atoms with Crippen molar-refractivity contribution in [1.29, 1.82) is 0 Å². The fraction of sp³-hybridized carbons (Fsp3) is 0.588. The number of carbonyl (C=O) groups excluding carboxylic acids is 1. The van der Waals surface area contributed by atoms with E-state index in [1.54, 1.807) is 0 Å². The molecule has 3 nitrogen and oxygen atoms in total. The van der Waals surface area contributed by atoms with Gasteiger partial charge in [-0.05, 0) is 54.2 Å². The summed E-state index contributed by atoms with van der Waals surface area (Å²) in [6.45, 7) is 5.29. The van der Waals surface area contributed by atoms with Gasteiger partial charge in [-0.15, -0.1) is 0 Å². The number of fused-ring (bicyclic) bond motifs is 1. The summed E-state index contributed by atoms with van der Waals surface area (Å²) < 4.78 is 0. The lowest BCUT2D eigenvalue weighted by molar-refractivity contribution is 0.000795. The molecule has 20 heavy (non-hydrogen) atoms. The maximum absolute atomic E-state index is 12.2. The highest BCUT2D eigenvalue weighted by atomic mass is 16.2. The van der Waals surface area contributed by atoms with E-state index in [0.717, 1.165) is 30.0 Å². The van der Waals surface area contributed by atoms with Gasteiger partial charge in [-0.1, -0.05) is 12.1 Å². The van der Waals surface area contributed by atoms with Crippen LogP contribution in [0.4, 0.5) is 0 Å². The van der Waals surface area contributed by atoms with E-state index in [-0.39, 0.29) is 5.91 Å². The Labute approximate surface area is 120 Å². The van der Waals surface area contributed by atoms with Crippen LogP contribution in [0.5, 0.6) is 0 Å². The quantitative estimate of drug-likeness (QED) is 0.893. The number of carbonyl (C=O) groups is 1. The van der Waals surface area contributed by atoms with Crippen molar-refractivity contribution >= 4 is 5.91 Å². The number of hydrogen-bond donors (Lipinski definition) is 1. The van der Waals surface area contributed by atoms with Crippen molar-refractivity contribution < 1.29 is 4.79 Å². The Morgan fingerprint density at radius 1 is 1.35 bits per heavy atom. The minimum atomic E-state index is 0.202. The smallest absolute Gasteiger partial charge is 0.254 e. The van der Waals surface area contributed by atoms with Crippen LogP contribution in [-0.2, 0) is 13.0 Å². The van der Waals surface area contributed by atoms with Gasteiger partial charge in [0, 0.05) is 32.2 Å². The first-order chi connectivity index (χ1) is 9.58. The van der Waals surface area contributed by atoms with Gasteiger partial charge in [-0.3, -0.25) is 4.79 Å². The lowest BCUT2D eigenvalue weighted by Gasteiger charge is -2.54. The largest absolute Gasteiger partial charge is 0.337 e. The molecule has 3 aliphatic rings. The van der Waals surface area contributed by atoms with Crippen molar-refractivity contribution in [2.24, 2.45) is 11.3 Å². The third-order valence-electron chi connectivity index (χ3n) is 5.53. The van der Waals surface area contributed by atoms with Gasteiger partial charge in [0.1, 0.15) is 0 Å². The van der Waals surface area contributed by atoms with Crippen molar-refractivity contribution in [3.63, 3.8) is 0 Å². The molecular weight excluding hydrogens is 248 g/mol. The first-order valence-corrected chi connectivity index (χ1v) is 7.66. The summed E-state index contributed by atoms with van der Waals surface area (Å²) >= 11 is 0. The molecular formula is C17H22N2O. The van der Waals surface area contributed by atoms with Gasteiger partial charge >= 0.3 is 0 Å². The minimum Gasteiger partial charge on any atom is -0.337 e. The van der Waals surface area contributed by atoms with Crippen molar-refractivity contribution in [3.8, 4) is 0 Å². The number of aryl methyl sites for hydroxylation is 1. The summed E-state index contributed by atoms with van der Waals surface area (Å²) in [5, 5.41) is 3.40. The zero-order chi connectivity index (χ0) is 13.9. The molecule has 0 aromatic heterocycles. The highest BCUT2D eigenvalue weighted by Gasteiger charge is 2.48. The van der Waals surface area contributed by atoms with E-state index in [2.05, 4.69) is 24.4 Å². The van der Waals surface area contributed by atoms with Crippen LogP contribution in [0.2, 0.25) is 0 Å². The lowest BCUT2D eigenvalue weighted by Crippen LogP contribution is -2.60. The van der Waals surface area contributed by atoms with Crippen LogP contribution in [0.1, 0.15) is 39.9 Å². The van der Waals surface area contributed by atoms with Crippen LogP contribution in [0.25, 0.3) is 0 Å². The molecule has 1 amide bonds. The molecule has 106 valence electrons. The van der Waals surface area contributed by atoms with Crippen LogP contribution < -0.4 is 5.32 Å². The standard InChI is InChI=1S/C17H22N2O/c1-11-3-4-13(14-8-19(2)16(20)15(11)14)5-12-6-17(7-12)9-18-10-17/h3-4,12,18H,5-10H2,1-2H3. The molecule has 1 N–H and O–H groups in total. The summed E-state index contributed by atoms with van der Waals surface area (Å²) in [7, 11) is 1.91. The summed E-state index contributed by atoms with van der Waals surface area (Å²) in [5.74, 6) is 1.03. The average molecular weight is 270 g/mol. The molecule has 2 aliphatic heterocycles. The summed E-state index contributed by atoms with van der Waals surface area (Å²) in [4.78, 5) is 14.1. The fourth-order valence-corrected chi connectivity index (χ4v) is 4.37. The number of nitrogens with one attached hydrogen (secondary N) is 1. The summed E-state index contributed by atoms with van der Waals surface area (Å²) in [6, 6.07) is 4.38. The molecule has 1 saturated heterocycles. The van der Waals surface area contributed by atoms with Gasteiger partial charge in [0.25, 0.3) is 5.91 Å². The molecule has 1 spiro atoms. The minimum absolute atomic E-state index is 0.202. The Morgan fingerprint density at radius 3 is 2.75 bits per heavy atom. The summed E-state index contributed by atoms with van der Waals surface area (Å²) in [5.41, 5.74) is 5.46. The van der Waals surface area contributed by atoms with E-state index in [0.29, 0.717) is 5.41 Å². The van der Waals surface area contributed by atoms with Gasteiger partial charge in [-0.25, -0.2) is 0 Å². The normalized spacial score (nSPS) is 23.7. The highest BCUT2D eigenvalue weighted by molar-refractivity contribution is 5.99. The number of rotatable bonds is 2. The van der Waals surface area contributed by atoms with E-state index in [9.17, 15) is 4.79 Å². The van der Waals surface area contributed by atoms with Crippen molar-refractivity contribution in [3.05, 3.63) is 34.4 Å². The molecule has 3 heteroatoms. The molecule has 1 saturated carbocycles. The third-order valence-corrected chi connectivity index (χ3v) is 5.53. The predicted octanol–water partition coefficient (Wildman–Crippen LogP) is 2.12. The molecule has 2 fully saturated rings. The second kappa shape index (κ2) is 4.08. The molecule has 1 aromatic rings. The topological polar surface area (TPSA) is 32.3 Å². The highest BCUT2D eigenvalue weighted by Crippen LogP contribution is 2.49. The van der Waals surface area contributed by atoms with Gasteiger partial charge < -0.3 is 10.2 Å². The monoisotopic (exact) mass is 270 g/mol. The second-order valence-electron chi connectivity index (χ2n) is 7.14. The van der Waals surface area contributed by atoms with Crippen LogP contribution in [-0.4, -0.2) is 30.9 Å². The number of amides is 1. The van der Waals surface area contributed by atoms with Crippen LogP contribution >= 0.6 is 0 Å². The maximum atomic E-state index is 12.2.